The van der Waals surface area contributed by atoms with E-state index in [0.717, 1.165) is 5.69 Å². The van der Waals surface area contributed by atoms with Gasteiger partial charge in [-0.2, -0.15) is 11.8 Å². The molecule has 0 radical (unpaired) electrons. The number of aromatic nitrogens is 1. The second kappa shape index (κ2) is 7.78. The molecule has 0 saturated carbocycles. The van der Waals surface area contributed by atoms with E-state index in [1.807, 2.05) is 13.2 Å². The van der Waals surface area contributed by atoms with Crippen LogP contribution in [-0.4, -0.2) is 40.1 Å². The first kappa shape index (κ1) is 16.4. The number of amides is 2. The predicted octanol–water partition coefficient (Wildman–Crippen LogP) is 1.30. The van der Waals surface area contributed by atoms with Crippen LogP contribution in [0, 0.1) is 13.8 Å². The Balaban J connectivity index is 2.43. The maximum absolute atomic E-state index is 11.6. The van der Waals surface area contributed by atoms with Crippen molar-refractivity contribution in [3.05, 3.63) is 17.3 Å². The monoisotopic (exact) mass is 301 g/mol. The summed E-state index contributed by atoms with van der Waals surface area (Å²) in [4.78, 5) is 26.7. The number of carboxylic acids is 1. The van der Waals surface area contributed by atoms with E-state index in [-0.39, 0.29) is 6.54 Å². The molecule has 112 valence electrons. The Morgan fingerprint density at radius 1 is 1.45 bits per heavy atom. The van der Waals surface area contributed by atoms with Crippen molar-refractivity contribution >= 4 is 23.8 Å². The first-order chi connectivity index (χ1) is 9.43. The zero-order chi connectivity index (χ0) is 15.1. The van der Waals surface area contributed by atoms with Gasteiger partial charge < -0.3 is 20.2 Å². The van der Waals surface area contributed by atoms with Gasteiger partial charge in [0.1, 0.15) is 11.8 Å². The molecule has 7 nitrogen and oxygen atoms in total. The fourth-order valence-corrected chi connectivity index (χ4v) is 1.94. The number of carboxylic acid groups (broad SMARTS) is 1. The van der Waals surface area contributed by atoms with Crippen molar-refractivity contribution in [2.75, 3.05) is 12.0 Å². The molecule has 0 fully saturated rings. The first-order valence-corrected chi connectivity index (χ1v) is 7.52. The number of carbonyl (C=O) groups is 2. The number of urea groups is 1. The summed E-state index contributed by atoms with van der Waals surface area (Å²) < 4.78 is 5.31. The summed E-state index contributed by atoms with van der Waals surface area (Å²) in [6.45, 7) is 3.72. The van der Waals surface area contributed by atoms with Gasteiger partial charge in [-0.3, -0.25) is 0 Å². The van der Waals surface area contributed by atoms with Crippen LogP contribution in [0.1, 0.15) is 23.8 Å². The number of thioether (sulfide) groups is 1. The third kappa shape index (κ3) is 5.12. The van der Waals surface area contributed by atoms with Crippen LogP contribution in [0.5, 0.6) is 0 Å². The number of aliphatic carboxylic acids is 1. The number of nitrogens with zero attached hydrogens (tertiary/aromatic N) is 1. The first-order valence-electron chi connectivity index (χ1n) is 6.13. The van der Waals surface area contributed by atoms with Crippen LogP contribution in [0.2, 0.25) is 0 Å². The Labute approximate surface area is 121 Å². The summed E-state index contributed by atoms with van der Waals surface area (Å²) in [5.74, 6) is 0.712. The fourth-order valence-electron chi connectivity index (χ4n) is 1.47. The van der Waals surface area contributed by atoms with Gasteiger partial charge in [-0.05, 0) is 32.3 Å². The van der Waals surface area contributed by atoms with E-state index >= 15 is 0 Å². The lowest BCUT2D eigenvalue weighted by Crippen LogP contribution is -2.46. The molecular weight excluding hydrogens is 282 g/mol. The van der Waals surface area contributed by atoms with E-state index < -0.39 is 18.0 Å². The molecule has 1 atom stereocenters. The normalized spacial score (nSPS) is 11.9. The quantitative estimate of drug-likeness (QED) is 0.701. The summed E-state index contributed by atoms with van der Waals surface area (Å²) in [5.41, 5.74) is 0.769. The van der Waals surface area contributed by atoms with Gasteiger partial charge in [0.25, 0.3) is 0 Å². The lowest BCUT2D eigenvalue weighted by atomic mass is 10.2. The van der Waals surface area contributed by atoms with Gasteiger partial charge in [-0.25, -0.2) is 14.6 Å². The van der Waals surface area contributed by atoms with Gasteiger partial charge in [-0.1, -0.05) is 0 Å². The molecule has 0 bridgehead atoms. The van der Waals surface area contributed by atoms with Gasteiger partial charge >= 0.3 is 12.0 Å². The molecule has 20 heavy (non-hydrogen) atoms. The molecule has 1 unspecified atom stereocenters. The minimum atomic E-state index is -1.04. The lowest BCUT2D eigenvalue weighted by Gasteiger charge is -2.14. The summed E-state index contributed by atoms with van der Waals surface area (Å²) in [6, 6.07) is -1.44. The lowest BCUT2D eigenvalue weighted by molar-refractivity contribution is -0.139. The van der Waals surface area contributed by atoms with Crippen molar-refractivity contribution in [2.24, 2.45) is 0 Å². The summed E-state index contributed by atoms with van der Waals surface area (Å²) in [6.07, 6.45) is 2.26. The maximum atomic E-state index is 11.6. The Morgan fingerprint density at radius 2 is 2.15 bits per heavy atom. The average molecular weight is 301 g/mol. The molecule has 0 spiro atoms. The van der Waals surface area contributed by atoms with Crippen LogP contribution >= 0.6 is 11.8 Å². The van der Waals surface area contributed by atoms with Gasteiger partial charge in [0.2, 0.25) is 5.89 Å². The molecule has 8 heteroatoms. The molecular formula is C12H19N3O4S. The van der Waals surface area contributed by atoms with Gasteiger partial charge in [0.05, 0.1) is 12.2 Å². The zero-order valence-corrected chi connectivity index (χ0v) is 12.5. The summed E-state index contributed by atoms with van der Waals surface area (Å²) in [5, 5.41) is 13.9. The number of nitrogens with one attached hydrogen (secondary N) is 2. The largest absolute Gasteiger partial charge is 0.480 e. The molecule has 1 aromatic rings. The van der Waals surface area contributed by atoms with E-state index in [9.17, 15) is 9.59 Å². The third-order valence-corrected chi connectivity index (χ3v) is 3.33. The SMILES string of the molecule is CSCCC(NC(=O)NCc1nc(C)c(C)o1)C(=O)O. The van der Waals surface area contributed by atoms with Gasteiger partial charge in [0.15, 0.2) is 0 Å². The minimum Gasteiger partial charge on any atom is -0.480 e. The number of carbonyl (C=O) groups excluding carboxylic acids is 1. The smallest absolute Gasteiger partial charge is 0.326 e. The Morgan fingerprint density at radius 3 is 2.65 bits per heavy atom. The van der Waals surface area contributed by atoms with E-state index in [1.54, 1.807) is 6.92 Å². The summed E-state index contributed by atoms with van der Waals surface area (Å²) >= 11 is 1.53. The van der Waals surface area contributed by atoms with E-state index in [4.69, 9.17) is 9.52 Å². The Kier molecular flexibility index (Phi) is 6.37. The van der Waals surface area contributed by atoms with Crippen molar-refractivity contribution in [2.45, 2.75) is 32.9 Å². The molecule has 3 N–H and O–H groups in total. The molecule has 1 heterocycles. The third-order valence-electron chi connectivity index (χ3n) is 2.69. The van der Waals surface area contributed by atoms with Crippen LogP contribution < -0.4 is 10.6 Å². The fraction of sp³-hybridized carbons (Fsp3) is 0.583. The number of oxazole rings is 1. The van der Waals surface area contributed by atoms with E-state index in [1.165, 1.54) is 11.8 Å². The molecule has 0 saturated heterocycles. The second-order valence-electron chi connectivity index (χ2n) is 4.25. The highest BCUT2D eigenvalue weighted by Gasteiger charge is 2.19. The van der Waals surface area contributed by atoms with Crippen molar-refractivity contribution in [3.63, 3.8) is 0 Å². The van der Waals surface area contributed by atoms with Gasteiger partial charge in [0, 0.05) is 0 Å². The molecule has 1 aromatic heterocycles. The van der Waals surface area contributed by atoms with Crippen molar-refractivity contribution < 1.29 is 19.1 Å². The van der Waals surface area contributed by atoms with Gasteiger partial charge in [-0.15, -0.1) is 0 Å². The standard InChI is InChI=1S/C12H19N3O4S/c1-7-8(2)19-10(14-7)6-13-12(18)15-9(11(16)17)4-5-20-3/h9H,4-6H2,1-3H3,(H,16,17)(H2,13,15,18). The van der Waals surface area contributed by atoms with E-state index in [2.05, 4.69) is 15.6 Å². The van der Waals surface area contributed by atoms with Crippen LogP contribution in [0.15, 0.2) is 4.42 Å². The van der Waals surface area contributed by atoms with Crippen LogP contribution in [0.25, 0.3) is 0 Å². The number of hydrogen-bond donors (Lipinski definition) is 3. The Bertz CT molecular complexity index is 456. The van der Waals surface area contributed by atoms with Crippen LogP contribution in [0.4, 0.5) is 4.79 Å². The second-order valence-corrected chi connectivity index (χ2v) is 5.23. The molecule has 2 amide bonds. The Hall–Kier alpha value is -1.70. The van der Waals surface area contributed by atoms with E-state index in [0.29, 0.717) is 23.8 Å². The summed E-state index contributed by atoms with van der Waals surface area (Å²) in [7, 11) is 0. The molecule has 0 aliphatic heterocycles. The molecule has 0 aromatic carbocycles. The highest BCUT2D eigenvalue weighted by atomic mass is 32.2. The highest BCUT2D eigenvalue weighted by Crippen LogP contribution is 2.07. The van der Waals surface area contributed by atoms with Crippen LogP contribution in [-0.2, 0) is 11.3 Å². The van der Waals surface area contributed by atoms with Crippen molar-refractivity contribution in [3.8, 4) is 0 Å². The number of hydrogen-bond acceptors (Lipinski definition) is 5. The minimum absolute atomic E-state index is 0.120. The number of rotatable bonds is 7. The van der Waals surface area contributed by atoms with Crippen molar-refractivity contribution in [1.82, 2.24) is 15.6 Å². The zero-order valence-electron chi connectivity index (χ0n) is 11.7. The molecule has 1 rings (SSSR count). The molecule has 0 aliphatic carbocycles. The average Bonchev–Trinajstić information content (AvgIpc) is 2.71. The highest BCUT2D eigenvalue weighted by molar-refractivity contribution is 7.98. The maximum Gasteiger partial charge on any atom is 0.326 e. The number of aryl methyl sites for hydroxylation is 2. The topological polar surface area (TPSA) is 104 Å². The predicted molar refractivity (Wildman–Crippen MR) is 75.8 cm³/mol. The molecule has 0 aliphatic rings. The van der Waals surface area contributed by atoms with Crippen molar-refractivity contribution in [1.29, 1.82) is 0 Å². The van der Waals surface area contributed by atoms with Crippen LogP contribution in [0.3, 0.4) is 0 Å².